The van der Waals surface area contributed by atoms with Crippen molar-refractivity contribution in [2.24, 2.45) is 0 Å². The molecule has 0 radical (unpaired) electrons. The number of aromatic amines is 2. The van der Waals surface area contributed by atoms with Gasteiger partial charge in [0.25, 0.3) is 0 Å². The zero-order valence-corrected chi connectivity index (χ0v) is 10.5. The average Bonchev–Trinajstić information content (AvgIpc) is 2.91. The van der Waals surface area contributed by atoms with Crippen molar-refractivity contribution in [3.05, 3.63) is 38.9 Å². The number of aromatic nitrogens is 2. The van der Waals surface area contributed by atoms with Crippen molar-refractivity contribution >= 4 is 16.7 Å². The number of benzene rings is 1. The molecule has 1 fully saturated rings. The molecule has 0 amide bonds. The first-order valence-corrected chi connectivity index (χ1v) is 6.46. The third-order valence-corrected chi connectivity index (χ3v) is 3.44. The van der Waals surface area contributed by atoms with Crippen LogP contribution in [0.15, 0.2) is 27.8 Å². The summed E-state index contributed by atoms with van der Waals surface area (Å²) in [6.45, 7) is 1.94. The molecule has 6 nitrogen and oxygen atoms in total. The summed E-state index contributed by atoms with van der Waals surface area (Å²) >= 11 is 0. The van der Waals surface area contributed by atoms with Crippen molar-refractivity contribution in [1.29, 1.82) is 0 Å². The topological polar surface area (TPSA) is 89.8 Å². The summed E-state index contributed by atoms with van der Waals surface area (Å²) in [6.07, 6.45) is 2.41. The normalized spacial score (nSPS) is 18.8. The molecule has 0 bridgehead atoms. The maximum Gasteiger partial charge on any atom is 0.314 e. The SMILES string of the molecule is O=c1[nH]c2ccc(NCC3CCCN3)cc2[nH]c1=O. The van der Waals surface area contributed by atoms with E-state index in [-0.39, 0.29) is 0 Å². The standard InChI is InChI=1S/C13H16N4O2/c18-12-13(19)17-11-6-8(3-4-10(11)16-12)15-7-9-2-1-5-14-9/h3-4,6,9,14-15H,1-2,5,7H2,(H,16,18)(H,17,19). The van der Waals surface area contributed by atoms with E-state index in [1.807, 2.05) is 12.1 Å². The third-order valence-electron chi connectivity index (χ3n) is 3.44. The number of fused-ring (bicyclic) bond motifs is 1. The highest BCUT2D eigenvalue weighted by atomic mass is 16.2. The minimum Gasteiger partial charge on any atom is -0.383 e. The number of rotatable bonds is 3. The Morgan fingerprint density at radius 3 is 2.68 bits per heavy atom. The van der Waals surface area contributed by atoms with Crippen molar-refractivity contribution in [1.82, 2.24) is 15.3 Å². The van der Waals surface area contributed by atoms with Gasteiger partial charge < -0.3 is 20.6 Å². The fourth-order valence-electron chi connectivity index (χ4n) is 2.40. The van der Waals surface area contributed by atoms with Gasteiger partial charge >= 0.3 is 11.1 Å². The highest BCUT2D eigenvalue weighted by Gasteiger charge is 2.13. The molecule has 0 spiro atoms. The Morgan fingerprint density at radius 2 is 1.95 bits per heavy atom. The minimum atomic E-state index is -0.623. The summed E-state index contributed by atoms with van der Waals surface area (Å²) < 4.78 is 0. The quantitative estimate of drug-likeness (QED) is 0.601. The van der Waals surface area contributed by atoms with Gasteiger partial charge in [0, 0.05) is 18.3 Å². The van der Waals surface area contributed by atoms with Gasteiger partial charge in [-0.05, 0) is 37.6 Å². The van der Waals surface area contributed by atoms with Gasteiger partial charge in [0.1, 0.15) is 0 Å². The van der Waals surface area contributed by atoms with E-state index in [0.29, 0.717) is 17.1 Å². The van der Waals surface area contributed by atoms with E-state index < -0.39 is 11.1 Å². The van der Waals surface area contributed by atoms with E-state index in [1.165, 1.54) is 12.8 Å². The average molecular weight is 260 g/mol. The molecule has 1 aromatic carbocycles. The van der Waals surface area contributed by atoms with Crippen molar-refractivity contribution < 1.29 is 0 Å². The summed E-state index contributed by atoms with van der Waals surface area (Å²) in [5.41, 5.74) is 0.956. The van der Waals surface area contributed by atoms with Crippen LogP contribution < -0.4 is 21.8 Å². The number of anilines is 1. The molecule has 19 heavy (non-hydrogen) atoms. The van der Waals surface area contributed by atoms with Crippen molar-refractivity contribution in [2.45, 2.75) is 18.9 Å². The molecule has 1 saturated heterocycles. The molecular formula is C13H16N4O2. The molecule has 1 aromatic heterocycles. The van der Waals surface area contributed by atoms with E-state index in [1.54, 1.807) is 6.07 Å². The predicted molar refractivity (Wildman–Crippen MR) is 74.7 cm³/mol. The number of H-pyrrole nitrogens is 2. The second-order valence-electron chi connectivity index (χ2n) is 4.84. The Labute approximate surface area is 109 Å². The Balaban J connectivity index is 1.82. The second kappa shape index (κ2) is 4.89. The third kappa shape index (κ3) is 2.53. The zero-order chi connectivity index (χ0) is 13.2. The molecule has 1 aliphatic heterocycles. The molecule has 0 saturated carbocycles. The number of hydrogen-bond acceptors (Lipinski definition) is 4. The van der Waals surface area contributed by atoms with Gasteiger partial charge in [0.05, 0.1) is 11.0 Å². The first kappa shape index (κ1) is 12.0. The molecule has 1 atom stereocenters. The van der Waals surface area contributed by atoms with Crippen LogP contribution in [-0.4, -0.2) is 29.1 Å². The number of nitrogens with one attached hydrogen (secondary N) is 4. The Morgan fingerprint density at radius 1 is 1.16 bits per heavy atom. The molecular weight excluding hydrogens is 244 g/mol. The van der Waals surface area contributed by atoms with E-state index >= 15 is 0 Å². The summed E-state index contributed by atoms with van der Waals surface area (Å²) in [7, 11) is 0. The largest absolute Gasteiger partial charge is 0.383 e. The summed E-state index contributed by atoms with van der Waals surface area (Å²) in [6, 6.07) is 6.02. The fourth-order valence-corrected chi connectivity index (χ4v) is 2.40. The lowest BCUT2D eigenvalue weighted by Gasteiger charge is -2.12. The maximum atomic E-state index is 11.3. The van der Waals surface area contributed by atoms with Gasteiger partial charge in [0.2, 0.25) is 0 Å². The van der Waals surface area contributed by atoms with Crippen molar-refractivity contribution in [2.75, 3.05) is 18.4 Å². The first-order chi connectivity index (χ1) is 9.22. The van der Waals surface area contributed by atoms with Crippen LogP contribution >= 0.6 is 0 Å². The Kier molecular flexibility index (Phi) is 3.08. The monoisotopic (exact) mass is 260 g/mol. The lowest BCUT2D eigenvalue weighted by molar-refractivity contribution is 0.633. The van der Waals surface area contributed by atoms with Gasteiger partial charge in [-0.2, -0.15) is 0 Å². The van der Waals surface area contributed by atoms with Gasteiger partial charge in [-0.15, -0.1) is 0 Å². The summed E-state index contributed by atoms with van der Waals surface area (Å²) in [5.74, 6) is 0. The zero-order valence-electron chi connectivity index (χ0n) is 10.5. The van der Waals surface area contributed by atoms with E-state index in [9.17, 15) is 9.59 Å². The van der Waals surface area contributed by atoms with Crippen molar-refractivity contribution in [3.63, 3.8) is 0 Å². The van der Waals surface area contributed by atoms with E-state index in [2.05, 4.69) is 20.6 Å². The fraction of sp³-hybridized carbons (Fsp3) is 0.385. The molecule has 100 valence electrons. The van der Waals surface area contributed by atoms with Crippen LogP contribution in [0.3, 0.4) is 0 Å². The van der Waals surface area contributed by atoms with Crippen LogP contribution in [-0.2, 0) is 0 Å². The van der Waals surface area contributed by atoms with E-state index in [0.717, 1.165) is 18.8 Å². The molecule has 1 aliphatic rings. The highest BCUT2D eigenvalue weighted by molar-refractivity contribution is 5.78. The lowest BCUT2D eigenvalue weighted by Crippen LogP contribution is -2.30. The van der Waals surface area contributed by atoms with Crippen LogP contribution in [0.5, 0.6) is 0 Å². The Hall–Kier alpha value is -2.08. The minimum absolute atomic E-state index is 0.505. The van der Waals surface area contributed by atoms with Gasteiger partial charge in [-0.25, -0.2) is 0 Å². The smallest absolute Gasteiger partial charge is 0.314 e. The number of hydrogen-bond donors (Lipinski definition) is 4. The first-order valence-electron chi connectivity index (χ1n) is 6.46. The summed E-state index contributed by atoms with van der Waals surface area (Å²) in [5, 5.41) is 6.75. The highest BCUT2D eigenvalue weighted by Crippen LogP contribution is 2.14. The molecule has 3 rings (SSSR count). The van der Waals surface area contributed by atoms with Crippen LogP contribution in [0.25, 0.3) is 11.0 Å². The van der Waals surface area contributed by atoms with Crippen LogP contribution in [0.1, 0.15) is 12.8 Å². The Bertz CT molecular complexity index is 698. The maximum absolute atomic E-state index is 11.3. The lowest BCUT2D eigenvalue weighted by atomic mass is 10.2. The molecule has 0 aliphatic carbocycles. The van der Waals surface area contributed by atoms with Gasteiger partial charge in [0.15, 0.2) is 0 Å². The molecule has 1 unspecified atom stereocenters. The van der Waals surface area contributed by atoms with Crippen LogP contribution in [0.4, 0.5) is 5.69 Å². The predicted octanol–water partition coefficient (Wildman–Crippen LogP) is 0.380. The molecule has 6 heteroatoms. The van der Waals surface area contributed by atoms with Gasteiger partial charge in [-0.3, -0.25) is 9.59 Å². The second-order valence-corrected chi connectivity index (χ2v) is 4.84. The molecule has 2 heterocycles. The van der Waals surface area contributed by atoms with Crippen LogP contribution in [0.2, 0.25) is 0 Å². The summed E-state index contributed by atoms with van der Waals surface area (Å²) in [4.78, 5) is 27.6. The van der Waals surface area contributed by atoms with Crippen molar-refractivity contribution in [3.8, 4) is 0 Å². The molecule has 2 aromatic rings. The van der Waals surface area contributed by atoms with E-state index in [4.69, 9.17) is 0 Å². The van der Waals surface area contributed by atoms with Gasteiger partial charge in [-0.1, -0.05) is 0 Å². The van der Waals surface area contributed by atoms with Crippen LogP contribution in [0, 0.1) is 0 Å². The molecule has 4 N–H and O–H groups in total.